The lowest BCUT2D eigenvalue weighted by Gasteiger charge is -2.09. The minimum Gasteiger partial charge on any atom is -0.354 e. The van der Waals surface area contributed by atoms with Crippen LogP contribution in [0.5, 0.6) is 0 Å². The predicted octanol–water partition coefficient (Wildman–Crippen LogP) is 4.63. The summed E-state index contributed by atoms with van der Waals surface area (Å²) in [6.07, 6.45) is 1.03. The van der Waals surface area contributed by atoms with E-state index in [0.29, 0.717) is 5.56 Å². The number of nitriles is 1. The minimum atomic E-state index is 0.622. The van der Waals surface area contributed by atoms with Crippen molar-refractivity contribution in [2.24, 2.45) is 0 Å². The Balaban J connectivity index is 2.28. The summed E-state index contributed by atoms with van der Waals surface area (Å²) in [5, 5.41) is 12.4. The number of anilines is 2. The van der Waals surface area contributed by atoms with Gasteiger partial charge in [0.25, 0.3) is 0 Å². The molecule has 0 aliphatic heterocycles. The zero-order valence-electron chi connectivity index (χ0n) is 10.1. The first-order chi connectivity index (χ1) is 8.74. The number of benzene rings is 2. The lowest BCUT2D eigenvalue weighted by atomic mass is 10.1. The Bertz CT molecular complexity index is 582. The van der Waals surface area contributed by atoms with Crippen LogP contribution in [0.4, 0.5) is 11.4 Å². The first kappa shape index (κ1) is 12.7. The van der Waals surface area contributed by atoms with E-state index in [-0.39, 0.29) is 0 Å². The molecule has 2 aromatic rings. The lowest BCUT2D eigenvalue weighted by Crippen LogP contribution is -1.94. The molecule has 1 N–H and O–H groups in total. The Labute approximate surface area is 115 Å². The molecule has 0 fully saturated rings. The Morgan fingerprint density at radius 3 is 2.50 bits per heavy atom. The van der Waals surface area contributed by atoms with Crippen LogP contribution >= 0.6 is 15.9 Å². The summed E-state index contributed by atoms with van der Waals surface area (Å²) >= 11 is 3.38. The van der Waals surface area contributed by atoms with Crippen molar-refractivity contribution in [2.45, 2.75) is 13.3 Å². The Morgan fingerprint density at radius 1 is 1.17 bits per heavy atom. The molecule has 0 unspecified atom stereocenters. The highest BCUT2D eigenvalue weighted by molar-refractivity contribution is 9.10. The lowest BCUT2D eigenvalue weighted by molar-refractivity contribution is 1.14. The van der Waals surface area contributed by atoms with Crippen molar-refractivity contribution in [3.63, 3.8) is 0 Å². The SMILES string of the molecule is CCc1ccc(Nc2cccc(Br)c2C#N)cc1. The molecule has 0 aromatic heterocycles. The van der Waals surface area contributed by atoms with Crippen molar-refractivity contribution in [1.29, 1.82) is 5.26 Å². The Hall–Kier alpha value is -1.79. The van der Waals surface area contributed by atoms with Crippen LogP contribution < -0.4 is 5.32 Å². The number of nitrogens with one attached hydrogen (secondary N) is 1. The number of aryl methyl sites for hydroxylation is 1. The summed E-state index contributed by atoms with van der Waals surface area (Å²) in [6.45, 7) is 2.13. The molecule has 0 saturated carbocycles. The van der Waals surface area contributed by atoms with E-state index in [1.807, 2.05) is 30.3 Å². The van der Waals surface area contributed by atoms with Gasteiger partial charge in [0.15, 0.2) is 0 Å². The standard InChI is InChI=1S/C15H13BrN2/c1-2-11-6-8-12(9-7-11)18-15-5-3-4-14(16)13(15)10-17/h3-9,18H,2H2,1H3. The third-order valence-electron chi connectivity index (χ3n) is 2.77. The number of rotatable bonds is 3. The van der Waals surface area contributed by atoms with Crippen molar-refractivity contribution in [1.82, 2.24) is 0 Å². The highest BCUT2D eigenvalue weighted by atomic mass is 79.9. The zero-order chi connectivity index (χ0) is 13.0. The summed E-state index contributed by atoms with van der Waals surface area (Å²) in [7, 11) is 0. The van der Waals surface area contributed by atoms with Gasteiger partial charge in [-0.1, -0.05) is 25.1 Å². The number of nitrogens with zero attached hydrogens (tertiary/aromatic N) is 1. The summed E-state index contributed by atoms with van der Waals surface area (Å²) in [4.78, 5) is 0. The summed E-state index contributed by atoms with van der Waals surface area (Å²) in [6, 6.07) is 16.1. The van der Waals surface area contributed by atoms with Gasteiger partial charge in [-0.05, 0) is 52.2 Å². The van der Waals surface area contributed by atoms with E-state index < -0.39 is 0 Å². The first-order valence-corrected chi connectivity index (χ1v) is 6.58. The largest absolute Gasteiger partial charge is 0.354 e. The van der Waals surface area contributed by atoms with Crippen molar-refractivity contribution >= 4 is 27.3 Å². The zero-order valence-corrected chi connectivity index (χ0v) is 11.7. The van der Waals surface area contributed by atoms with Crippen LogP contribution in [-0.4, -0.2) is 0 Å². The molecule has 0 radical (unpaired) electrons. The van der Waals surface area contributed by atoms with Crippen LogP contribution in [0.2, 0.25) is 0 Å². The molecular weight excluding hydrogens is 288 g/mol. The fraction of sp³-hybridized carbons (Fsp3) is 0.133. The van der Waals surface area contributed by atoms with E-state index in [1.165, 1.54) is 5.56 Å². The van der Waals surface area contributed by atoms with E-state index >= 15 is 0 Å². The van der Waals surface area contributed by atoms with E-state index in [2.05, 4.69) is 46.4 Å². The number of halogens is 1. The molecule has 0 amide bonds. The second kappa shape index (κ2) is 5.70. The minimum absolute atomic E-state index is 0.622. The maximum atomic E-state index is 9.14. The quantitative estimate of drug-likeness (QED) is 0.897. The molecule has 2 rings (SSSR count). The van der Waals surface area contributed by atoms with Crippen molar-refractivity contribution in [3.05, 3.63) is 58.1 Å². The van der Waals surface area contributed by atoms with Gasteiger partial charge in [-0.3, -0.25) is 0 Å². The maximum Gasteiger partial charge on any atom is 0.103 e. The van der Waals surface area contributed by atoms with Gasteiger partial charge in [-0.25, -0.2) is 0 Å². The van der Waals surface area contributed by atoms with Gasteiger partial charge in [0.05, 0.1) is 11.3 Å². The van der Waals surface area contributed by atoms with Crippen LogP contribution in [0.25, 0.3) is 0 Å². The molecule has 3 heteroatoms. The first-order valence-electron chi connectivity index (χ1n) is 5.79. The molecule has 0 saturated heterocycles. The second-order valence-electron chi connectivity index (χ2n) is 3.95. The molecule has 0 spiro atoms. The van der Waals surface area contributed by atoms with Crippen LogP contribution in [0.3, 0.4) is 0 Å². The van der Waals surface area contributed by atoms with Gasteiger partial charge in [0, 0.05) is 10.2 Å². The fourth-order valence-electron chi connectivity index (χ4n) is 1.72. The van der Waals surface area contributed by atoms with Crippen molar-refractivity contribution in [2.75, 3.05) is 5.32 Å². The monoisotopic (exact) mass is 300 g/mol. The fourth-order valence-corrected chi connectivity index (χ4v) is 2.18. The van der Waals surface area contributed by atoms with Gasteiger partial charge < -0.3 is 5.32 Å². The Kier molecular flexibility index (Phi) is 4.01. The summed E-state index contributed by atoms with van der Waals surface area (Å²) in [5.74, 6) is 0. The van der Waals surface area contributed by atoms with Crippen molar-refractivity contribution in [3.8, 4) is 6.07 Å². The molecule has 0 heterocycles. The van der Waals surface area contributed by atoms with E-state index in [0.717, 1.165) is 22.3 Å². The molecule has 2 aromatic carbocycles. The molecule has 0 bridgehead atoms. The van der Waals surface area contributed by atoms with Crippen LogP contribution in [0.1, 0.15) is 18.1 Å². The van der Waals surface area contributed by atoms with Gasteiger partial charge in [-0.15, -0.1) is 0 Å². The molecule has 0 aliphatic carbocycles. The molecule has 2 nitrogen and oxygen atoms in total. The third kappa shape index (κ3) is 2.72. The number of hydrogen-bond donors (Lipinski definition) is 1. The van der Waals surface area contributed by atoms with Gasteiger partial charge in [-0.2, -0.15) is 5.26 Å². The van der Waals surface area contributed by atoms with Crippen LogP contribution in [0, 0.1) is 11.3 Å². The van der Waals surface area contributed by atoms with Crippen molar-refractivity contribution < 1.29 is 0 Å². The highest BCUT2D eigenvalue weighted by Gasteiger charge is 2.05. The third-order valence-corrected chi connectivity index (χ3v) is 3.43. The Morgan fingerprint density at radius 2 is 1.89 bits per heavy atom. The summed E-state index contributed by atoms with van der Waals surface area (Å²) in [5.41, 5.74) is 3.73. The van der Waals surface area contributed by atoms with E-state index in [4.69, 9.17) is 5.26 Å². The second-order valence-corrected chi connectivity index (χ2v) is 4.80. The summed E-state index contributed by atoms with van der Waals surface area (Å²) < 4.78 is 0.806. The van der Waals surface area contributed by atoms with Gasteiger partial charge in [0.2, 0.25) is 0 Å². The normalized spacial score (nSPS) is 9.83. The van der Waals surface area contributed by atoms with E-state index in [9.17, 15) is 0 Å². The molecular formula is C15H13BrN2. The maximum absolute atomic E-state index is 9.14. The smallest absolute Gasteiger partial charge is 0.103 e. The van der Waals surface area contributed by atoms with Gasteiger partial charge in [0.1, 0.15) is 6.07 Å². The van der Waals surface area contributed by atoms with Crippen LogP contribution in [-0.2, 0) is 6.42 Å². The topological polar surface area (TPSA) is 35.8 Å². The molecule has 18 heavy (non-hydrogen) atoms. The highest BCUT2D eigenvalue weighted by Crippen LogP contribution is 2.26. The average molecular weight is 301 g/mol. The van der Waals surface area contributed by atoms with Gasteiger partial charge >= 0.3 is 0 Å². The molecule has 0 aliphatic rings. The predicted molar refractivity (Wildman–Crippen MR) is 78.0 cm³/mol. The van der Waals surface area contributed by atoms with Crippen LogP contribution in [0.15, 0.2) is 46.9 Å². The average Bonchev–Trinajstić information content (AvgIpc) is 2.40. The van der Waals surface area contributed by atoms with E-state index in [1.54, 1.807) is 0 Å². The number of hydrogen-bond acceptors (Lipinski definition) is 2. The molecule has 90 valence electrons. The molecule has 0 atom stereocenters.